The molecule has 3 rings (SSSR count). The number of rotatable bonds is 5. The Hall–Kier alpha value is -1.62. The summed E-state index contributed by atoms with van der Waals surface area (Å²) in [4.78, 5) is 1.28. The Balaban J connectivity index is 1.64. The van der Waals surface area contributed by atoms with E-state index >= 15 is 0 Å². The number of thiophene rings is 1. The molecule has 1 N–H and O–H groups in total. The van der Waals surface area contributed by atoms with E-state index in [0.29, 0.717) is 12.3 Å². The molecule has 0 aliphatic carbocycles. The molecule has 0 saturated carbocycles. The largest absolute Gasteiger partial charge is 0.460 e. The van der Waals surface area contributed by atoms with Crippen LogP contribution < -0.4 is 5.32 Å². The Labute approximate surface area is 131 Å². The second-order valence-electron chi connectivity index (χ2n) is 4.58. The maximum Gasteiger partial charge on any atom is 0.141 e. The normalized spacial score (nSPS) is 11.0. The predicted octanol–water partition coefficient (Wildman–Crippen LogP) is 5.09. The minimum Gasteiger partial charge on any atom is -0.460 e. The predicted molar refractivity (Wildman–Crippen MR) is 84.0 cm³/mol. The van der Waals surface area contributed by atoms with Crippen LogP contribution in [0, 0.1) is 5.82 Å². The molecule has 0 aliphatic heterocycles. The summed E-state index contributed by atoms with van der Waals surface area (Å²) in [6.07, 6.45) is 0. The molecule has 108 valence electrons. The summed E-state index contributed by atoms with van der Waals surface area (Å²) in [6.45, 7) is 1.46. The van der Waals surface area contributed by atoms with Gasteiger partial charge >= 0.3 is 0 Å². The molecular formula is C16H13ClFNOS. The van der Waals surface area contributed by atoms with Gasteiger partial charge in [-0.15, -0.1) is 11.3 Å². The summed E-state index contributed by atoms with van der Waals surface area (Å²) in [5.74, 6) is 1.09. The fraction of sp³-hybridized carbons (Fsp3) is 0.125. The van der Waals surface area contributed by atoms with Crippen molar-refractivity contribution in [1.29, 1.82) is 0 Å². The highest BCUT2D eigenvalue weighted by Crippen LogP contribution is 2.26. The van der Waals surface area contributed by atoms with Gasteiger partial charge in [0.15, 0.2) is 0 Å². The molecule has 21 heavy (non-hydrogen) atoms. The van der Waals surface area contributed by atoms with E-state index in [1.54, 1.807) is 23.5 Å². The zero-order chi connectivity index (χ0) is 14.7. The summed E-state index contributed by atoms with van der Waals surface area (Å²) in [5, 5.41) is 5.47. The Morgan fingerprint density at radius 2 is 2.05 bits per heavy atom. The average Bonchev–Trinajstić information content (AvgIpc) is 3.13. The Morgan fingerprint density at radius 3 is 2.81 bits per heavy atom. The molecule has 0 spiro atoms. The van der Waals surface area contributed by atoms with Crippen LogP contribution >= 0.6 is 22.9 Å². The molecule has 2 aromatic heterocycles. The molecule has 5 heteroatoms. The van der Waals surface area contributed by atoms with Gasteiger partial charge in [0.1, 0.15) is 17.3 Å². The van der Waals surface area contributed by atoms with Gasteiger partial charge in [-0.1, -0.05) is 17.7 Å². The quantitative estimate of drug-likeness (QED) is 0.708. The van der Waals surface area contributed by atoms with Crippen LogP contribution in [0.1, 0.15) is 10.6 Å². The molecule has 0 unspecified atom stereocenters. The Morgan fingerprint density at radius 1 is 1.14 bits per heavy atom. The summed E-state index contributed by atoms with van der Waals surface area (Å²) >= 11 is 7.50. The highest BCUT2D eigenvalue weighted by Gasteiger charge is 2.07. The van der Waals surface area contributed by atoms with Gasteiger partial charge in [0.25, 0.3) is 0 Å². The smallest absolute Gasteiger partial charge is 0.141 e. The first kappa shape index (κ1) is 14.3. The van der Waals surface area contributed by atoms with Crippen molar-refractivity contribution < 1.29 is 8.81 Å². The van der Waals surface area contributed by atoms with E-state index in [2.05, 4.69) is 16.8 Å². The fourth-order valence-electron chi connectivity index (χ4n) is 2.00. The van der Waals surface area contributed by atoms with Crippen molar-refractivity contribution in [2.24, 2.45) is 0 Å². The minimum atomic E-state index is -0.426. The van der Waals surface area contributed by atoms with Crippen LogP contribution in [0.2, 0.25) is 5.02 Å². The van der Waals surface area contributed by atoms with Crippen LogP contribution in [0.25, 0.3) is 11.3 Å². The first-order chi connectivity index (χ1) is 10.2. The van der Waals surface area contributed by atoms with Gasteiger partial charge in [0.2, 0.25) is 0 Å². The number of nitrogens with one attached hydrogen (secondary N) is 1. The molecule has 1 aromatic carbocycles. The summed E-state index contributed by atoms with van der Waals surface area (Å²) in [6, 6.07) is 12.5. The van der Waals surface area contributed by atoms with Crippen LogP contribution in [-0.2, 0) is 13.1 Å². The number of furan rings is 1. The van der Waals surface area contributed by atoms with Gasteiger partial charge < -0.3 is 9.73 Å². The molecule has 0 radical (unpaired) electrons. The van der Waals surface area contributed by atoms with E-state index in [4.69, 9.17) is 16.0 Å². The lowest BCUT2D eigenvalue weighted by atomic mass is 10.2. The maximum atomic E-state index is 13.1. The van der Waals surface area contributed by atoms with Gasteiger partial charge in [0, 0.05) is 17.0 Å². The van der Waals surface area contributed by atoms with Crippen LogP contribution in [0.4, 0.5) is 4.39 Å². The summed E-state index contributed by atoms with van der Waals surface area (Å²) in [5.41, 5.74) is 0.769. The molecule has 2 heterocycles. The zero-order valence-corrected chi connectivity index (χ0v) is 12.7. The van der Waals surface area contributed by atoms with E-state index in [0.717, 1.165) is 17.9 Å². The van der Waals surface area contributed by atoms with Crippen molar-refractivity contribution in [3.05, 3.63) is 69.3 Å². The van der Waals surface area contributed by atoms with Gasteiger partial charge in [0.05, 0.1) is 11.6 Å². The molecule has 0 saturated heterocycles. The molecule has 0 atom stereocenters. The first-order valence-corrected chi connectivity index (χ1v) is 7.75. The third-order valence-electron chi connectivity index (χ3n) is 3.04. The highest BCUT2D eigenvalue weighted by atomic mass is 35.5. The minimum absolute atomic E-state index is 0.0984. The molecule has 3 aromatic rings. The zero-order valence-electron chi connectivity index (χ0n) is 11.1. The maximum absolute atomic E-state index is 13.1. The van der Waals surface area contributed by atoms with Gasteiger partial charge in [-0.2, -0.15) is 0 Å². The fourth-order valence-corrected chi connectivity index (χ4v) is 2.85. The van der Waals surface area contributed by atoms with E-state index in [1.807, 2.05) is 18.2 Å². The lowest BCUT2D eigenvalue weighted by Crippen LogP contribution is -2.10. The summed E-state index contributed by atoms with van der Waals surface area (Å²) in [7, 11) is 0. The van der Waals surface area contributed by atoms with Crippen molar-refractivity contribution in [2.45, 2.75) is 13.1 Å². The van der Waals surface area contributed by atoms with Gasteiger partial charge in [-0.25, -0.2) is 4.39 Å². The molecule has 0 amide bonds. The van der Waals surface area contributed by atoms with Crippen molar-refractivity contribution >= 4 is 22.9 Å². The van der Waals surface area contributed by atoms with Crippen LogP contribution in [0.3, 0.4) is 0 Å². The molecular weight excluding hydrogens is 309 g/mol. The SMILES string of the molecule is Fc1ccc(-c2ccc(CNCc3cccs3)o2)cc1Cl. The molecule has 2 nitrogen and oxygen atoms in total. The van der Waals surface area contributed by atoms with Crippen molar-refractivity contribution in [3.8, 4) is 11.3 Å². The van der Waals surface area contributed by atoms with E-state index in [-0.39, 0.29) is 5.02 Å². The standard InChI is InChI=1S/C16H13ClFNOS/c17-14-8-11(3-5-15(14)18)16-6-4-12(20-16)9-19-10-13-2-1-7-21-13/h1-8,19H,9-10H2. The number of hydrogen-bond acceptors (Lipinski definition) is 3. The topological polar surface area (TPSA) is 25.2 Å². The number of benzene rings is 1. The van der Waals surface area contributed by atoms with E-state index in [1.165, 1.54) is 10.9 Å². The second-order valence-corrected chi connectivity index (χ2v) is 6.02. The van der Waals surface area contributed by atoms with Gasteiger partial charge in [-0.3, -0.25) is 0 Å². The third-order valence-corrected chi connectivity index (χ3v) is 4.21. The van der Waals surface area contributed by atoms with Gasteiger partial charge in [-0.05, 0) is 41.8 Å². The van der Waals surface area contributed by atoms with E-state index < -0.39 is 5.82 Å². The molecule has 0 bridgehead atoms. The van der Waals surface area contributed by atoms with Crippen LogP contribution in [-0.4, -0.2) is 0 Å². The second kappa shape index (κ2) is 6.43. The molecule has 0 fully saturated rings. The Bertz CT molecular complexity index is 724. The third kappa shape index (κ3) is 3.53. The number of hydrogen-bond donors (Lipinski definition) is 1. The average molecular weight is 322 g/mol. The highest BCUT2D eigenvalue weighted by molar-refractivity contribution is 7.09. The van der Waals surface area contributed by atoms with Crippen molar-refractivity contribution in [2.75, 3.05) is 0 Å². The van der Waals surface area contributed by atoms with E-state index in [9.17, 15) is 4.39 Å². The summed E-state index contributed by atoms with van der Waals surface area (Å²) < 4.78 is 18.9. The number of halogens is 2. The van der Waals surface area contributed by atoms with Crippen molar-refractivity contribution in [1.82, 2.24) is 5.32 Å². The molecule has 0 aliphatic rings. The lowest BCUT2D eigenvalue weighted by molar-refractivity contribution is 0.494. The lowest BCUT2D eigenvalue weighted by Gasteiger charge is -2.01. The Kier molecular flexibility index (Phi) is 4.39. The monoisotopic (exact) mass is 321 g/mol. The van der Waals surface area contributed by atoms with Crippen molar-refractivity contribution in [3.63, 3.8) is 0 Å². The van der Waals surface area contributed by atoms with Crippen LogP contribution in [0.15, 0.2) is 52.3 Å². The van der Waals surface area contributed by atoms with Crippen LogP contribution in [0.5, 0.6) is 0 Å². The first-order valence-electron chi connectivity index (χ1n) is 6.49.